The van der Waals surface area contributed by atoms with Crippen molar-refractivity contribution in [2.45, 2.75) is 37.0 Å². The second-order valence-electron chi connectivity index (χ2n) is 6.24. The molecule has 4 nitrogen and oxygen atoms in total. The van der Waals surface area contributed by atoms with Crippen LogP contribution in [0, 0.1) is 0 Å². The highest BCUT2D eigenvalue weighted by atomic mass is 16.5. The minimum atomic E-state index is -0.452. The minimum absolute atomic E-state index is 0.0731. The van der Waals surface area contributed by atoms with Crippen LogP contribution in [0.25, 0.3) is 0 Å². The topological polar surface area (TPSA) is 52.9 Å². The van der Waals surface area contributed by atoms with Crippen molar-refractivity contribution in [3.63, 3.8) is 0 Å². The van der Waals surface area contributed by atoms with Gasteiger partial charge in [0.05, 0.1) is 11.5 Å². The van der Waals surface area contributed by atoms with Crippen molar-refractivity contribution in [1.82, 2.24) is 4.90 Å². The van der Waals surface area contributed by atoms with Gasteiger partial charge in [-0.1, -0.05) is 18.2 Å². The Morgan fingerprint density at radius 1 is 1.40 bits per heavy atom. The zero-order valence-corrected chi connectivity index (χ0v) is 11.5. The standard InChI is InChI=1S/C16H19NO3/c1-17-7-6-16-5-4-11(18)8-13(16)20-15-12(19)3-2-10(9-17)14(15)16/h2-5,11,13,18-19H,6-9H2,1H3/t11-,13-,16-/m0/s1. The molecule has 1 aliphatic carbocycles. The smallest absolute Gasteiger partial charge is 0.165 e. The molecule has 2 N–H and O–H groups in total. The number of phenols is 1. The van der Waals surface area contributed by atoms with Gasteiger partial charge in [0.2, 0.25) is 0 Å². The molecule has 0 amide bonds. The predicted molar refractivity (Wildman–Crippen MR) is 74.9 cm³/mol. The van der Waals surface area contributed by atoms with Crippen LogP contribution in [-0.2, 0) is 12.0 Å². The zero-order valence-electron chi connectivity index (χ0n) is 11.5. The van der Waals surface area contributed by atoms with Crippen LogP contribution in [-0.4, -0.2) is 40.9 Å². The van der Waals surface area contributed by atoms with Gasteiger partial charge >= 0.3 is 0 Å². The number of hydrogen-bond donors (Lipinski definition) is 2. The van der Waals surface area contributed by atoms with Crippen LogP contribution in [0.15, 0.2) is 24.3 Å². The summed E-state index contributed by atoms with van der Waals surface area (Å²) in [6, 6.07) is 3.72. The zero-order chi connectivity index (χ0) is 13.9. The highest BCUT2D eigenvalue weighted by Crippen LogP contribution is 2.55. The van der Waals surface area contributed by atoms with Crippen LogP contribution >= 0.6 is 0 Å². The van der Waals surface area contributed by atoms with Crippen LogP contribution in [0.3, 0.4) is 0 Å². The van der Waals surface area contributed by atoms with Crippen LogP contribution < -0.4 is 4.74 Å². The number of phenolic OH excluding ortho intramolecular Hbond substituents is 1. The van der Waals surface area contributed by atoms with E-state index < -0.39 is 6.10 Å². The Kier molecular flexibility index (Phi) is 2.44. The molecule has 4 rings (SSSR count). The van der Waals surface area contributed by atoms with Crippen LogP contribution in [0.2, 0.25) is 0 Å². The normalized spacial score (nSPS) is 35.1. The SMILES string of the molecule is CN1CC[C@@]23C=C[C@H](O)C[C@@H]2Oc2c(O)ccc(c23)C1. The Labute approximate surface area is 118 Å². The fourth-order valence-corrected chi connectivity index (χ4v) is 3.93. The quantitative estimate of drug-likeness (QED) is 0.704. The lowest BCUT2D eigenvalue weighted by atomic mass is 9.69. The van der Waals surface area contributed by atoms with Crippen molar-refractivity contribution in [3.8, 4) is 11.5 Å². The van der Waals surface area contributed by atoms with Crippen LogP contribution in [0.4, 0.5) is 0 Å². The van der Waals surface area contributed by atoms with Crippen molar-refractivity contribution >= 4 is 0 Å². The molecule has 0 unspecified atom stereocenters. The van der Waals surface area contributed by atoms with Gasteiger partial charge in [-0.2, -0.15) is 0 Å². The largest absolute Gasteiger partial charge is 0.504 e. The summed E-state index contributed by atoms with van der Waals surface area (Å²) < 4.78 is 6.04. The molecule has 106 valence electrons. The van der Waals surface area contributed by atoms with Crippen LogP contribution in [0.5, 0.6) is 11.5 Å². The first-order valence-electron chi connectivity index (χ1n) is 7.18. The highest BCUT2D eigenvalue weighted by molar-refractivity contribution is 5.60. The summed E-state index contributed by atoms with van der Waals surface area (Å²) in [5.74, 6) is 0.839. The molecule has 20 heavy (non-hydrogen) atoms. The molecular weight excluding hydrogens is 254 g/mol. The van der Waals surface area contributed by atoms with Gasteiger partial charge < -0.3 is 19.8 Å². The Morgan fingerprint density at radius 3 is 3.10 bits per heavy atom. The summed E-state index contributed by atoms with van der Waals surface area (Å²) >= 11 is 0. The number of rotatable bonds is 0. The fourth-order valence-electron chi connectivity index (χ4n) is 3.93. The van der Waals surface area contributed by atoms with E-state index in [1.54, 1.807) is 6.07 Å². The number of aliphatic hydroxyl groups is 1. The van der Waals surface area contributed by atoms with Gasteiger partial charge in [0.15, 0.2) is 11.5 Å². The highest BCUT2D eigenvalue weighted by Gasteiger charge is 2.52. The van der Waals surface area contributed by atoms with E-state index in [-0.39, 0.29) is 17.3 Å². The first-order valence-corrected chi connectivity index (χ1v) is 7.18. The summed E-state index contributed by atoms with van der Waals surface area (Å²) in [7, 11) is 2.12. The third kappa shape index (κ3) is 1.49. The lowest BCUT2D eigenvalue weighted by molar-refractivity contribution is 0.0822. The van der Waals surface area contributed by atoms with E-state index in [0.717, 1.165) is 25.1 Å². The third-order valence-electron chi connectivity index (χ3n) is 4.94. The van der Waals surface area contributed by atoms with Crippen molar-refractivity contribution < 1.29 is 14.9 Å². The Morgan fingerprint density at radius 2 is 2.25 bits per heavy atom. The summed E-state index contributed by atoms with van der Waals surface area (Å²) in [5, 5.41) is 20.0. The molecule has 1 spiro atoms. The lowest BCUT2D eigenvalue weighted by Crippen LogP contribution is -2.42. The summed E-state index contributed by atoms with van der Waals surface area (Å²) in [5.41, 5.74) is 2.17. The summed E-state index contributed by atoms with van der Waals surface area (Å²) in [6.45, 7) is 1.85. The van der Waals surface area contributed by atoms with Gasteiger partial charge in [0, 0.05) is 18.5 Å². The molecule has 1 aromatic rings. The molecule has 0 bridgehead atoms. The Bertz CT molecular complexity index is 598. The van der Waals surface area contributed by atoms with E-state index in [1.165, 1.54) is 5.56 Å². The second-order valence-corrected chi connectivity index (χ2v) is 6.24. The minimum Gasteiger partial charge on any atom is -0.504 e. The van der Waals surface area contributed by atoms with Crippen molar-refractivity contribution in [3.05, 3.63) is 35.4 Å². The Balaban J connectivity index is 1.96. The maximum absolute atomic E-state index is 10.1. The molecule has 2 aliphatic heterocycles. The van der Waals surface area contributed by atoms with E-state index in [9.17, 15) is 10.2 Å². The van der Waals surface area contributed by atoms with E-state index in [0.29, 0.717) is 12.2 Å². The number of aromatic hydroxyl groups is 1. The number of nitrogens with zero attached hydrogens (tertiary/aromatic N) is 1. The maximum atomic E-state index is 10.1. The Hall–Kier alpha value is -1.52. The van der Waals surface area contributed by atoms with Gasteiger partial charge in [-0.15, -0.1) is 0 Å². The molecule has 1 aromatic carbocycles. The molecule has 3 aliphatic rings. The second kappa shape index (κ2) is 3.99. The summed E-state index contributed by atoms with van der Waals surface area (Å²) in [6.07, 6.45) is 5.02. The molecule has 0 fully saturated rings. The van der Waals surface area contributed by atoms with E-state index in [4.69, 9.17) is 4.74 Å². The average Bonchev–Trinajstić information content (AvgIpc) is 2.68. The van der Waals surface area contributed by atoms with E-state index in [1.807, 2.05) is 12.1 Å². The van der Waals surface area contributed by atoms with Crippen molar-refractivity contribution in [1.29, 1.82) is 0 Å². The fraction of sp³-hybridized carbons (Fsp3) is 0.500. The average molecular weight is 273 g/mol. The number of hydrogen-bond acceptors (Lipinski definition) is 4. The van der Waals surface area contributed by atoms with Gasteiger partial charge in [-0.3, -0.25) is 0 Å². The molecule has 0 radical (unpaired) electrons. The monoisotopic (exact) mass is 273 g/mol. The van der Waals surface area contributed by atoms with Gasteiger partial charge in [0.1, 0.15) is 6.10 Å². The molecule has 0 aromatic heterocycles. The number of benzene rings is 1. The molecule has 2 heterocycles. The molecule has 3 atom stereocenters. The first kappa shape index (κ1) is 12.2. The summed E-state index contributed by atoms with van der Waals surface area (Å²) in [4.78, 5) is 2.30. The van der Waals surface area contributed by atoms with Gasteiger partial charge in [-0.25, -0.2) is 0 Å². The molecule has 4 heteroatoms. The van der Waals surface area contributed by atoms with E-state index in [2.05, 4.69) is 18.0 Å². The van der Waals surface area contributed by atoms with Crippen molar-refractivity contribution in [2.75, 3.05) is 13.6 Å². The number of aliphatic hydroxyl groups excluding tert-OH is 1. The van der Waals surface area contributed by atoms with Gasteiger partial charge in [0.25, 0.3) is 0 Å². The molecule has 0 saturated carbocycles. The molecular formula is C16H19NO3. The first-order chi connectivity index (χ1) is 9.60. The van der Waals surface area contributed by atoms with E-state index >= 15 is 0 Å². The maximum Gasteiger partial charge on any atom is 0.165 e. The molecule has 0 saturated heterocycles. The predicted octanol–water partition coefficient (Wildman–Crippen LogP) is 1.55. The lowest BCUT2D eigenvalue weighted by Gasteiger charge is -2.35. The van der Waals surface area contributed by atoms with Gasteiger partial charge in [-0.05, 0) is 31.6 Å². The third-order valence-corrected chi connectivity index (χ3v) is 4.94. The number of ether oxygens (including phenoxy) is 1. The van der Waals surface area contributed by atoms with Crippen molar-refractivity contribution in [2.24, 2.45) is 0 Å². The van der Waals surface area contributed by atoms with Crippen LogP contribution in [0.1, 0.15) is 24.0 Å².